The number of hydrogen-bond donors (Lipinski definition) is 1. The van der Waals surface area contributed by atoms with Gasteiger partial charge in [0.25, 0.3) is 5.69 Å². The summed E-state index contributed by atoms with van der Waals surface area (Å²) in [6, 6.07) is 26.1. The van der Waals surface area contributed by atoms with Crippen LogP contribution >= 0.6 is 12.2 Å². The van der Waals surface area contributed by atoms with E-state index < -0.39 is 4.92 Å². The van der Waals surface area contributed by atoms with Gasteiger partial charge in [-0.2, -0.15) is 0 Å². The zero-order valence-corrected chi connectivity index (χ0v) is 14.7. The van der Waals surface area contributed by atoms with E-state index in [0.717, 1.165) is 11.3 Å². The summed E-state index contributed by atoms with van der Waals surface area (Å²) in [6.07, 6.45) is 0. The first-order chi connectivity index (χ1) is 12.6. The number of nitrogens with one attached hydrogen (secondary N) is 1. The molecule has 0 aromatic heterocycles. The first-order valence-electron chi connectivity index (χ1n) is 8.05. The summed E-state index contributed by atoms with van der Waals surface area (Å²) >= 11 is 5.60. The number of hydrogen-bond acceptors (Lipinski definition) is 3. The van der Waals surface area contributed by atoms with Crippen LogP contribution in [0.2, 0.25) is 0 Å². The lowest BCUT2D eigenvalue weighted by atomic mass is 10.2. The van der Waals surface area contributed by atoms with Gasteiger partial charge in [-0.1, -0.05) is 48.5 Å². The summed E-state index contributed by atoms with van der Waals surface area (Å²) < 4.78 is 0. The molecule has 0 bridgehead atoms. The Bertz CT molecular complexity index is 884. The maximum Gasteiger partial charge on any atom is 0.269 e. The molecule has 26 heavy (non-hydrogen) atoms. The first-order valence-corrected chi connectivity index (χ1v) is 8.46. The molecular formula is C20H17N3O2S. The molecule has 3 aromatic carbocycles. The van der Waals surface area contributed by atoms with Crippen LogP contribution in [0.4, 0.5) is 17.1 Å². The monoisotopic (exact) mass is 363 g/mol. The first kappa shape index (κ1) is 17.6. The van der Waals surface area contributed by atoms with E-state index in [1.54, 1.807) is 12.1 Å². The van der Waals surface area contributed by atoms with E-state index in [9.17, 15) is 10.1 Å². The molecule has 0 fully saturated rings. The van der Waals surface area contributed by atoms with Gasteiger partial charge >= 0.3 is 0 Å². The van der Waals surface area contributed by atoms with Gasteiger partial charge in [0.2, 0.25) is 0 Å². The maximum atomic E-state index is 10.8. The molecule has 6 heteroatoms. The van der Waals surface area contributed by atoms with Crippen molar-refractivity contribution in [1.29, 1.82) is 0 Å². The minimum absolute atomic E-state index is 0.0469. The predicted molar refractivity (Wildman–Crippen MR) is 108 cm³/mol. The highest BCUT2D eigenvalue weighted by Crippen LogP contribution is 2.20. The van der Waals surface area contributed by atoms with Gasteiger partial charge < -0.3 is 10.2 Å². The molecule has 0 saturated heterocycles. The predicted octanol–water partition coefficient (Wildman–Crippen LogP) is 5.00. The van der Waals surface area contributed by atoms with E-state index >= 15 is 0 Å². The van der Waals surface area contributed by atoms with Gasteiger partial charge in [0.1, 0.15) is 0 Å². The van der Waals surface area contributed by atoms with E-state index in [4.69, 9.17) is 12.2 Å². The van der Waals surface area contributed by atoms with Crippen LogP contribution in [0.25, 0.3) is 0 Å². The highest BCUT2D eigenvalue weighted by molar-refractivity contribution is 7.80. The number of non-ortho nitro benzene ring substituents is 1. The number of anilines is 2. The number of para-hydroxylation sites is 1. The van der Waals surface area contributed by atoms with Crippen LogP contribution in [0, 0.1) is 10.1 Å². The Kier molecular flexibility index (Phi) is 5.56. The SMILES string of the molecule is O=[N+]([O-])c1ccc(NC(=S)N(Cc2ccccc2)c2ccccc2)cc1. The molecule has 130 valence electrons. The third-order valence-electron chi connectivity index (χ3n) is 3.83. The number of rotatable bonds is 5. The summed E-state index contributed by atoms with van der Waals surface area (Å²) in [5.74, 6) is 0. The smallest absolute Gasteiger partial charge is 0.269 e. The summed E-state index contributed by atoms with van der Waals surface area (Å²) in [6.45, 7) is 0.615. The van der Waals surface area contributed by atoms with Crippen molar-refractivity contribution in [3.05, 3.63) is 101 Å². The van der Waals surface area contributed by atoms with Gasteiger partial charge in [0.15, 0.2) is 5.11 Å². The Morgan fingerprint density at radius 2 is 1.50 bits per heavy atom. The van der Waals surface area contributed by atoms with E-state index in [2.05, 4.69) is 5.32 Å². The molecule has 0 saturated carbocycles. The summed E-state index contributed by atoms with van der Waals surface area (Å²) in [7, 11) is 0. The van der Waals surface area contributed by atoms with Crippen LogP contribution in [-0.4, -0.2) is 10.0 Å². The van der Waals surface area contributed by atoms with Crippen molar-refractivity contribution in [3.8, 4) is 0 Å². The maximum absolute atomic E-state index is 10.8. The molecule has 3 aromatic rings. The van der Waals surface area contributed by atoms with Gasteiger partial charge in [-0.3, -0.25) is 10.1 Å². The van der Waals surface area contributed by atoms with E-state index in [0.29, 0.717) is 17.3 Å². The Balaban J connectivity index is 1.81. The summed E-state index contributed by atoms with van der Waals surface area (Å²) in [5.41, 5.74) is 2.85. The molecule has 0 radical (unpaired) electrons. The van der Waals surface area contributed by atoms with Gasteiger partial charge in [-0.25, -0.2) is 0 Å². The van der Waals surface area contributed by atoms with E-state index in [1.807, 2.05) is 65.6 Å². The van der Waals surface area contributed by atoms with Crippen molar-refractivity contribution < 1.29 is 4.92 Å². The standard InChI is InChI=1S/C20H17N3O2S/c24-23(25)19-13-11-17(12-14-19)21-20(26)22(18-9-5-2-6-10-18)15-16-7-3-1-4-8-16/h1-14H,15H2,(H,21,26). The lowest BCUT2D eigenvalue weighted by molar-refractivity contribution is -0.384. The zero-order chi connectivity index (χ0) is 18.4. The second-order valence-corrected chi connectivity index (χ2v) is 6.03. The molecule has 0 aliphatic rings. The fourth-order valence-electron chi connectivity index (χ4n) is 2.51. The van der Waals surface area contributed by atoms with E-state index in [1.165, 1.54) is 12.1 Å². The molecule has 0 amide bonds. The van der Waals surface area contributed by atoms with Crippen molar-refractivity contribution in [2.45, 2.75) is 6.54 Å². The molecule has 0 spiro atoms. The Morgan fingerprint density at radius 3 is 2.08 bits per heavy atom. The minimum Gasteiger partial charge on any atom is -0.332 e. The van der Waals surface area contributed by atoms with Crippen LogP contribution in [0.3, 0.4) is 0 Å². The molecule has 5 nitrogen and oxygen atoms in total. The zero-order valence-electron chi connectivity index (χ0n) is 13.9. The molecule has 1 N–H and O–H groups in total. The second-order valence-electron chi connectivity index (χ2n) is 5.64. The number of nitrogens with zero attached hydrogens (tertiary/aromatic N) is 2. The summed E-state index contributed by atoms with van der Waals surface area (Å²) in [5, 5.41) is 14.5. The van der Waals surface area contributed by atoms with Crippen molar-refractivity contribution in [2.24, 2.45) is 0 Å². The van der Waals surface area contributed by atoms with Crippen molar-refractivity contribution in [1.82, 2.24) is 0 Å². The number of nitro groups is 1. The number of nitro benzene ring substituents is 1. The molecule has 0 aliphatic carbocycles. The normalized spacial score (nSPS) is 10.2. The topological polar surface area (TPSA) is 58.4 Å². The van der Waals surface area contributed by atoms with Gasteiger partial charge in [0.05, 0.1) is 11.5 Å². The molecular weight excluding hydrogens is 346 g/mol. The molecule has 0 heterocycles. The molecule has 0 aliphatic heterocycles. The third-order valence-corrected chi connectivity index (χ3v) is 4.15. The van der Waals surface area contributed by atoms with Crippen LogP contribution in [0.1, 0.15) is 5.56 Å². The van der Waals surface area contributed by atoms with Crippen molar-refractivity contribution >= 4 is 34.4 Å². The average molecular weight is 363 g/mol. The van der Waals surface area contributed by atoms with Gasteiger partial charge in [0, 0.05) is 23.5 Å². The quantitative estimate of drug-likeness (QED) is 0.393. The Morgan fingerprint density at radius 1 is 0.923 bits per heavy atom. The molecule has 0 atom stereocenters. The van der Waals surface area contributed by atoms with Gasteiger partial charge in [-0.15, -0.1) is 0 Å². The van der Waals surface area contributed by atoms with E-state index in [-0.39, 0.29) is 5.69 Å². The van der Waals surface area contributed by atoms with Crippen molar-refractivity contribution in [3.63, 3.8) is 0 Å². The second kappa shape index (κ2) is 8.22. The Hall–Kier alpha value is -3.25. The molecule has 0 unspecified atom stereocenters. The fraction of sp³-hybridized carbons (Fsp3) is 0.0500. The van der Waals surface area contributed by atoms with Crippen LogP contribution in [-0.2, 0) is 6.54 Å². The lowest BCUT2D eigenvalue weighted by Gasteiger charge is -2.26. The third kappa shape index (κ3) is 4.43. The molecule has 3 rings (SSSR count). The highest BCUT2D eigenvalue weighted by atomic mass is 32.1. The van der Waals surface area contributed by atoms with Crippen LogP contribution in [0.5, 0.6) is 0 Å². The largest absolute Gasteiger partial charge is 0.332 e. The van der Waals surface area contributed by atoms with Crippen LogP contribution in [0.15, 0.2) is 84.9 Å². The highest BCUT2D eigenvalue weighted by Gasteiger charge is 2.13. The lowest BCUT2D eigenvalue weighted by Crippen LogP contribution is -2.34. The van der Waals surface area contributed by atoms with Crippen molar-refractivity contribution in [2.75, 3.05) is 10.2 Å². The average Bonchev–Trinajstić information content (AvgIpc) is 2.68. The minimum atomic E-state index is -0.423. The Labute approximate surface area is 157 Å². The number of benzene rings is 3. The van der Waals surface area contributed by atoms with Gasteiger partial charge in [-0.05, 0) is 42.0 Å². The summed E-state index contributed by atoms with van der Waals surface area (Å²) in [4.78, 5) is 12.4. The number of thiocarbonyl (C=S) groups is 1. The van der Waals surface area contributed by atoms with Crippen LogP contribution < -0.4 is 10.2 Å². The fourth-order valence-corrected chi connectivity index (χ4v) is 2.80.